The number of hydrogen-bond donors (Lipinski definition) is 0. The predicted octanol–water partition coefficient (Wildman–Crippen LogP) is 2.64. The Balaban J connectivity index is 2.53. The number of nitrogens with zero attached hydrogens (tertiary/aromatic N) is 2. The Morgan fingerprint density at radius 1 is 1.50 bits per heavy atom. The first-order valence-electron chi connectivity index (χ1n) is 5.38. The molecule has 3 nitrogen and oxygen atoms in total. The molecule has 2 aromatic rings. The number of unbranched alkanes of at least 4 members (excludes halogenated alkanes) is 1. The lowest BCUT2D eigenvalue weighted by Crippen LogP contribution is -2.19. The zero-order valence-electron chi connectivity index (χ0n) is 9.11. The van der Waals surface area contributed by atoms with Crippen molar-refractivity contribution in [2.75, 3.05) is 0 Å². The maximum absolute atomic E-state index is 12.1. The van der Waals surface area contributed by atoms with E-state index in [0.29, 0.717) is 0 Å². The first-order chi connectivity index (χ1) is 7.72. The van der Waals surface area contributed by atoms with E-state index in [2.05, 4.69) is 34.5 Å². The Morgan fingerprint density at radius 3 is 3.06 bits per heavy atom. The van der Waals surface area contributed by atoms with E-state index in [0.717, 1.165) is 34.0 Å². The molecule has 0 saturated heterocycles. The molecule has 0 amide bonds. The van der Waals surface area contributed by atoms with Crippen LogP contribution in [0.2, 0.25) is 0 Å². The summed E-state index contributed by atoms with van der Waals surface area (Å²) < 4.78 is 2.71. The van der Waals surface area contributed by atoms with Gasteiger partial charge in [-0.05, 0) is 47.6 Å². The highest BCUT2D eigenvalue weighted by molar-refractivity contribution is 14.1. The van der Waals surface area contributed by atoms with Gasteiger partial charge in [-0.3, -0.25) is 9.20 Å². The lowest BCUT2D eigenvalue weighted by Gasteiger charge is -2.03. The zero-order chi connectivity index (χ0) is 11.5. The molecular formula is C12H13IN2O. The molecule has 0 bridgehead atoms. The van der Waals surface area contributed by atoms with Crippen LogP contribution >= 0.6 is 22.6 Å². The Kier molecular flexibility index (Phi) is 3.58. The zero-order valence-corrected chi connectivity index (χ0v) is 11.3. The molecule has 0 spiro atoms. The smallest absolute Gasteiger partial charge is 0.261 e. The molecule has 0 unspecified atom stereocenters. The minimum Gasteiger partial charge on any atom is -0.269 e. The molecule has 0 atom stereocenters. The molecule has 4 heteroatoms. The second-order valence-corrected chi connectivity index (χ2v) is 5.01. The molecule has 0 aliphatic heterocycles. The van der Waals surface area contributed by atoms with E-state index < -0.39 is 0 Å². The van der Waals surface area contributed by atoms with Crippen molar-refractivity contribution >= 4 is 28.2 Å². The van der Waals surface area contributed by atoms with Gasteiger partial charge in [-0.1, -0.05) is 13.3 Å². The highest BCUT2D eigenvalue weighted by Crippen LogP contribution is 2.07. The van der Waals surface area contributed by atoms with Gasteiger partial charge in [-0.25, -0.2) is 4.98 Å². The molecule has 0 aliphatic rings. The fraction of sp³-hybridized carbons (Fsp3) is 0.333. The average Bonchev–Trinajstić information content (AvgIpc) is 2.28. The van der Waals surface area contributed by atoms with Crippen molar-refractivity contribution in [3.05, 3.63) is 44.0 Å². The van der Waals surface area contributed by atoms with E-state index in [1.54, 1.807) is 16.8 Å². The van der Waals surface area contributed by atoms with Gasteiger partial charge in [0.25, 0.3) is 5.56 Å². The standard InChI is InChI=1S/C12H13IN2O/c1-2-3-4-9-8-14-11-7-10(13)5-6-15(11)12(9)16/h5-8H,2-4H2,1H3. The first-order valence-corrected chi connectivity index (χ1v) is 6.46. The van der Waals surface area contributed by atoms with Crippen molar-refractivity contribution in [2.24, 2.45) is 0 Å². The highest BCUT2D eigenvalue weighted by Gasteiger charge is 2.04. The van der Waals surface area contributed by atoms with Crippen LogP contribution in [0.1, 0.15) is 25.3 Å². The van der Waals surface area contributed by atoms with Gasteiger partial charge in [-0.15, -0.1) is 0 Å². The van der Waals surface area contributed by atoms with E-state index in [1.165, 1.54) is 0 Å². The molecule has 2 aromatic heterocycles. The normalized spacial score (nSPS) is 10.9. The van der Waals surface area contributed by atoms with Crippen LogP contribution in [0.4, 0.5) is 0 Å². The predicted molar refractivity (Wildman–Crippen MR) is 72.8 cm³/mol. The van der Waals surface area contributed by atoms with Gasteiger partial charge < -0.3 is 0 Å². The maximum atomic E-state index is 12.1. The molecule has 0 aromatic carbocycles. The fourth-order valence-electron chi connectivity index (χ4n) is 1.63. The first kappa shape index (κ1) is 11.6. The molecule has 0 radical (unpaired) electrons. The molecule has 16 heavy (non-hydrogen) atoms. The SMILES string of the molecule is CCCCc1cnc2cc(I)ccn2c1=O. The van der Waals surface area contributed by atoms with Gasteiger partial charge in [0.1, 0.15) is 5.65 Å². The van der Waals surface area contributed by atoms with Crippen molar-refractivity contribution in [3.8, 4) is 0 Å². The molecular weight excluding hydrogens is 315 g/mol. The lowest BCUT2D eigenvalue weighted by molar-refractivity contribution is 0.778. The van der Waals surface area contributed by atoms with Gasteiger partial charge in [-0.2, -0.15) is 0 Å². The third kappa shape index (κ3) is 2.26. The van der Waals surface area contributed by atoms with Crippen LogP contribution in [0.5, 0.6) is 0 Å². The van der Waals surface area contributed by atoms with Crippen LogP contribution in [-0.2, 0) is 6.42 Å². The van der Waals surface area contributed by atoms with Gasteiger partial charge in [0, 0.05) is 21.5 Å². The van der Waals surface area contributed by atoms with Crippen LogP contribution in [0.25, 0.3) is 5.65 Å². The van der Waals surface area contributed by atoms with Crippen LogP contribution in [0.15, 0.2) is 29.3 Å². The summed E-state index contributed by atoms with van der Waals surface area (Å²) in [5.74, 6) is 0. The molecule has 2 heterocycles. The number of aryl methyl sites for hydroxylation is 1. The van der Waals surface area contributed by atoms with E-state index >= 15 is 0 Å². The van der Waals surface area contributed by atoms with E-state index in [-0.39, 0.29) is 5.56 Å². The Labute approximate surface area is 108 Å². The quantitative estimate of drug-likeness (QED) is 0.812. The van der Waals surface area contributed by atoms with Crippen molar-refractivity contribution in [2.45, 2.75) is 26.2 Å². The molecule has 0 saturated carbocycles. The minimum absolute atomic E-state index is 0.0647. The molecule has 0 fully saturated rings. The summed E-state index contributed by atoms with van der Waals surface area (Å²) in [6, 6.07) is 3.83. The third-order valence-corrected chi connectivity index (χ3v) is 3.21. The summed E-state index contributed by atoms with van der Waals surface area (Å²) in [6.07, 6.45) is 6.45. The maximum Gasteiger partial charge on any atom is 0.261 e. The Hall–Kier alpha value is -0.910. The van der Waals surface area contributed by atoms with Crippen LogP contribution < -0.4 is 5.56 Å². The molecule has 2 rings (SSSR count). The van der Waals surface area contributed by atoms with Crippen molar-refractivity contribution in [1.82, 2.24) is 9.38 Å². The molecule has 0 aliphatic carbocycles. The topological polar surface area (TPSA) is 34.4 Å². The summed E-state index contributed by atoms with van der Waals surface area (Å²) >= 11 is 2.22. The Morgan fingerprint density at radius 2 is 2.31 bits per heavy atom. The second kappa shape index (κ2) is 4.95. The summed E-state index contributed by atoms with van der Waals surface area (Å²) in [4.78, 5) is 16.4. The van der Waals surface area contributed by atoms with Gasteiger partial charge in [0.15, 0.2) is 0 Å². The van der Waals surface area contributed by atoms with Crippen molar-refractivity contribution in [1.29, 1.82) is 0 Å². The highest BCUT2D eigenvalue weighted by atomic mass is 127. The van der Waals surface area contributed by atoms with Crippen molar-refractivity contribution in [3.63, 3.8) is 0 Å². The Bertz CT molecular complexity index is 562. The van der Waals surface area contributed by atoms with Gasteiger partial charge in [0.05, 0.1) is 0 Å². The van der Waals surface area contributed by atoms with E-state index in [4.69, 9.17) is 0 Å². The fourth-order valence-corrected chi connectivity index (χ4v) is 2.07. The summed E-state index contributed by atoms with van der Waals surface area (Å²) in [6.45, 7) is 2.12. The number of hydrogen-bond acceptors (Lipinski definition) is 2. The second-order valence-electron chi connectivity index (χ2n) is 3.77. The largest absolute Gasteiger partial charge is 0.269 e. The van der Waals surface area contributed by atoms with E-state index in [1.807, 2.05) is 12.1 Å². The number of aromatic nitrogens is 2. The summed E-state index contributed by atoms with van der Waals surface area (Å²) in [5, 5.41) is 0. The third-order valence-electron chi connectivity index (χ3n) is 2.54. The number of fused-ring (bicyclic) bond motifs is 1. The van der Waals surface area contributed by atoms with Gasteiger partial charge >= 0.3 is 0 Å². The van der Waals surface area contributed by atoms with E-state index in [9.17, 15) is 4.79 Å². The van der Waals surface area contributed by atoms with Gasteiger partial charge in [0.2, 0.25) is 0 Å². The summed E-state index contributed by atoms with van der Waals surface area (Å²) in [7, 11) is 0. The minimum atomic E-state index is 0.0647. The summed E-state index contributed by atoms with van der Waals surface area (Å²) in [5.41, 5.74) is 1.59. The molecule has 0 N–H and O–H groups in total. The van der Waals surface area contributed by atoms with Crippen LogP contribution in [0, 0.1) is 3.57 Å². The molecule has 84 valence electrons. The number of halogens is 1. The lowest BCUT2D eigenvalue weighted by atomic mass is 10.1. The average molecular weight is 328 g/mol. The number of rotatable bonds is 3. The van der Waals surface area contributed by atoms with Crippen LogP contribution in [-0.4, -0.2) is 9.38 Å². The van der Waals surface area contributed by atoms with Crippen LogP contribution in [0.3, 0.4) is 0 Å². The van der Waals surface area contributed by atoms with Crippen molar-refractivity contribution < 1.29 is 0 Å². The number of pyridine rings is 1. The monoisotopic (exact) mass is 328 g/mol.